The molecule has 0 aromatic heterocycles. The van der Waals surface area contributed by atoms with E-state index in [4.69, 9.17) is 0 Å². The lowest BCUT2D eigenvalue weighted by Crippen LogP contribution is -2.28. The van der Waals surface area contributed by atoms with Crippen molar-refractivity contribution < 1.29 is 5.11 Å². The van der Waals surface area contributed by atoms with E-state index in [2.05, 4.69) is 21.2 Å². The molecule has 1 aliphatic rings. The van der Waals surface area contributed by atoms with Crippen LogP contribution in [0.1, 0.15) is 29.9 Å². The molecule has 0 spiro atoms. The molecule has 1 saturated heterocycles. The van der Waals surface area contributed by atoms with Gasteiger partial charge in [-0.1, -0.05) is 22.0 Å². The van der Waals surface area contributed by atoms with Crippen molar-refractivity contribution in [3.63, 3.8) is 0 Å². The van der Waals surface area contributed by atoms with Gasteiger partial charge in [0.1, 0.15) is 5.75 Å². The molecule has 1 atom stereocenters. The summed E-state index contributed by atoms with van der Waals surface area (Å²) in [6.45, 7) is 4.01. The Balaban J connectivity index is 2.36. The number of hydrogen-bond donors (Lipinski definition) is 2. The minimum absolute atomic E-state index is 0.438. The van der Waals surface area contributed by atoms with E-state index in [1.807, 2.05) is 19.1 Å². The number of aryl methyl sites for hydroxylation is 1. The van der Waals surface area contributed by atoms with Crippen molar-refractivity contribution in [2.45, 2.75) is 25.7 Å². The predicted molar refractivity (Wildman–Crippen MR) is 65.4 cm³/mol. The Bertz CT molecular complexity index is 359. The van der Waals surface area contributed by atoms with E-state index in [1.165, 1.54) is 6.42 Å². The van der Waals surface area contributed by atoms with Gasteiger partial charge in [0.15, 0.2) is 0 Å². The van der Waals surface area contributed by atoms with E-state index < -0.39 is 0 Å². The smallest absolute Gasteiger partial charge is 0.123 e. The first-order valence-electron chi connectivity index (χ1n) is 5.39. The summed E-state index contributed by atoms with van der Waals surface area (Å²) in [5.74, 6) is 0.895. The maximum absolute atomic E-state index is 10.1. The first-order chi connectivity index (χ1) is 7.20. The molecule has 1 aromatic rings. The summed E-state index contributed by atoms with van der Waals surface area (Å²) < 4.78 is 1.03. The van der Waals surface area contributed by atoms with Gasteiger partial charge in [0.05, 0.1) is 0 Å². The average Bonchev–Trinajstić information content (AvgIpc) is 2.26. The van der Waals surface area contributed by atoms with Gasteiger partial charge in [-0.25, -0.2) is 0 Å². The fraction of sp³-hybridized carbons (Fsp3) is 0.500. The van der Waals surface area contributed by atoms with Crippen LogP contribution in [0, 0.1) is 6.92 Å². The third-order valence-electron chi connectivity index (χ3n) is 3.07. The van der Waals surface area contributed by atoms with Gasteiger partial charge in [0.25, 0.3) is 0 Å². The Morgan fingerprint density at radius 1 is 1.47 bits per heavy atom. The molecule has 2 N–H and O–H groups in total. The fourth-order valence-corrected chi connectivity index (χ4v) is 2.82. The highest BCUT2D eigenvalue weighted by Crippen LogP contribution is 2.37. The van der Waals surface area contributed by atoms with Crippen molar-refractivity contribution in [1.29, 1.82) is 0 Å². The van der Waals surface area contributed by atoms with E-state index in [1.54, 1.807) is 0 Å². The lowest BCUT2D eigenvalue weighted by Gasteiger charge is -2.25. The molecule has 0 aliphatic carbocycles. The standard InChI is InChI=1S/C12H16BrNO/c1-8-4-5-10(13)11(12(8)15)9-3-2-6-14-7-9/h4-5,9,14-15H,2-3,6-7H2,1H3. The first kappa shape index (κ1) is 11.0. The molecule has 1 unspecified atom stereocenters. The Kier molecular flexibility index (Phi) is 3.32. The molecule has 0 bridgehead atoms. The topological polar surface area (TPSA) is 32.3 Å². The van der Waals surface area contributed by atoms with E-state index in [-0.39, 0.29) is 0 Å². The van der Waals surface area contributed by atoms with Crippen molar-refractivity contribution in [2.24, 2.45) is 0 Å². The third-order valence-corrected chi connectivity index (χ3v) is 3.76. The van der Waals surface area contributed by atoms with E-state index >= 15 is 0 Å². The summed E-state index contributed by atoms with van der Waals surface area (Å²) in [7, 11) is 0. The molecule has 1 heterocycles. The lowest BCUT2D eigenvalue weighted by molar-refractivity contribution is 0.422. The number of rotatable bonds is 1. The summed E-state index contributed by atoms with van der Waals surface area (Å²) in [4.78, 5) is 0. The maximum atomic E-state index is 10.1. The molecule has 0 amide bonds. The van der Waals surface area contributed by atoms with Gasteiger partial charge < -0.3 is 10.4 Å². The summed E-state index contributed by atoms with van der Waals surface area (Å²) in [6.07, 6.45) is 2.34. The van der Waals surface area contributed by atoms with Gasteiger partial charge >= 0.3 is 0 Å². The number of phenols is 1. The zero-order valence-electron chi connectivity index (χ0n) is 8.89. The number of halogens is 1. The van der Waals surface area contributed by atoms with Crippen LogP contribution in [0.2, 0.25) is 0 Å². The van der Waals surface area contributed by atoms with Crippen LogP contribution in [-0.2, 0) is 0 Å². The van der Waals surface area contributed by atoms with Crippen LogP contribution >= 0.6 is 15.9 Å². The molecule has 0 saturated carbocycles. The Morgan fingerprint density at radius 3 is 2.93 bits per heavy atom. The monoisotopic (exact) mass is 269 g/mol. The van der Waals surface area contributed by atoms with Gasteiger partial charge in [-0.2, -0.15) is 0 Å². The number of benzene rings is 1. The number of hydrogen-bond acceptors (Lipinski definition) is 2. The van der Waals surface area contributed by atoms with Crippen molar-refractivity contribution in [2.75, 3.05) is 13.1 Å². The average molecular weight is 270 g/mol. The number of aromatic hydroxyl groups is 1. The molecule has 0 radical (unpaired) electrons. The van der Waals surface area contributed by atoms with Gasteiger partial charge in [-0.05, 0) is 37.9 Å². The van der Waals surface area contributed by atoms with E-state index in [9.17, 15) is 5.11 Å². The number of piperidine rings is 1. The zero-order valence-corrected chi connectivity index (χ0v) is 10.5. The Morgan fingerprint density at radius 2 is 2.27 bits per heavy atom. The molecule has 1 aliphatic heterocycles. The number of phenolic OH excluding ortho intramolecular Hbond substituents is 1. The highest BCUT2D eigenvalue weighted by atomic mass is 79.9. The van der Waals surface area contributed by atoms with Crippen molar-refractivity contribution in [3.05, 3.63) is 27.7 Å². The van der Waals surface area contributed by atoms with Crippen LogP contribution in [0.15, 0.2) is 16.6 Å². The van der Waals surface area contributed by atoms with Gasteiger partial charge in [-0.15, -0.1) is 0 Å². The van der Waals surface area contributed by atoms with Crippen LogP contribution in [0.5, 0.6) is 5.75 Å². The fourth-order valence-electron chi connectivity index (χ4n) is 2.18. The highest BCUT2D eigenvalue weighted by molar-refractivity contribution is 9.10. The third kappa shape index (κ3) is 2.18. The van der Waals surface area contributed by atoms with Crippen LogP contribution in [0.3, 0.4) is 0 Å². The number of nitrogens with one attached hydrogen (secondary N) is 1. The molecule has 1 aromatic carbocycles. The lowest BCUT2D eigenvalue weighted by atomic mass is 9.90. The summed E-state index contributed by atoms with van der Waals surface area (Å²) >= 11 is 3.53. The normalized spacial score (nSPS) is 21.6. The van der Waals surface area contributed by atoms with E-state index in [0.29, 0.717) is 11.7 Å². The SMILES string of the molecule is Cc1ccc(Br)c(C2CCCNC2)c1O. The van der Waals surface area contributed by atoms with Crippen LogP contribution in [0.25, 0.3) is 0 Å². The first-order valence-corrected chi connectivity index (χ1v) is 6.18. The van der Waals surface area contributed by atoms with Crippen molar-refractivity contribution in [3.8, 4) is 5.75 Å². The second-order valence-corrected chi connectivity index (χ2v) is 5.02. The van der Waals surface area contributed by atoms with Gasteiger partial charge in [-0.3, -0.25) is 0 Å². The summed E-state index contributed by atoms with van der Waals surface area (Å²) in [5.41, 5.74) is 2.03. The largest absolute Gasteiger partial charge is 0.507 e. The molecular formula is C12H16BrNO. The predicted octanol–water partition coefficient (Wildman–Crippen LogP) is 2.93. The molecular weight excluding hydrogens is 254 g/mol. The molecule has 82 valence electrons. The van der Waals surface area contributed by atoms with Crippen LogP contribution in [0.4, 0.5) is 0 Å². The Labute approximate surface area is 98.8 Å². The molecule has 1 fully saturated rings. The van der Waals surface area contributed by atoms with E-state index in [0.717, 1.165) is 35.1 Å². The summed E-state index contributed by atoms with van der Waals surface area (Å²) in [5, 5.41) is 13.4. The second-order valence-electron chi connectivity index (χ2n) is 4.17. The van der Waals surface area contributed by atoms with Crippen LogP contribution < -0.4 is 5.32 Å². The molecule has 3 heteroatoms. The quantitative estimate of drug-likeness (QED) is 0.822. The molecule has 2 rings (SSSR count). The minimum atomic E-state index is 0.438. The summed E-state index contributed by atoms with van der Waals surface area (Å²) in [6, 6.07) is 3.97. The molecule has 15 heavy (non-hydrogen) atoms. The zero-order chi connectivity index (χ0) is 10.8. The van der Waals surface area contributed by atoms with Gasteiger partial charge in [0, 0.05) is 22.5 Å². The Hall–Kier alpha value is -0.540. The molecule has 2 nitrogen and oxygen atoms in total. The van der Waals surface area contributed by atoms with Crippen molar-refractivity contribution in [1.82, 2.24) is 5.32 Å². The van der Waals surface area contributed by atoms with Gasteiger partial charge in [0.2, 0.25) is 0 Å². The maximum Gasteiger partial charge on any atom is 0.123 e. The highest BCUT2D eigenvalue weighted by Gasteiger charge is 2.21. The minimum Gasteiger partial charge on any atom is -0.507 e. The van der Waals surface area contributed by atoms with Crippen LogP contribution in [-0.4, -0.2) is 18.2 Å². The van der Waals surface area contributed by atoms with Crippen molar-refractivity contribution >= 4 is 15.9 Å². The second kappa shape index (κ2) is 4.54.